The Bertz CT molecular complexity index is 191. The van der Waals surface area contributed by atoms with Gasteiger partial charge >= 0.3 is 0 Å². The van der Waals surface area contributed by atoms with Crippen LogP contribution in [0.4, 0.5) is 0 Å². The molecule has 0 atom stereocenters. The maximum atomic E-state index is 11.4. The maximum absolute atomic E-state index is 11.4. The number of rotatable bonds is 3. The van der Waals surface area contributed by atoms with Crippen molar-refractivity contribution in [1.82, 2.24) is 5.32 Å². The predicted octanol–water partition coefficient (Wildman–Crippen LogP) is 1.27. The first-order valence-electron chi connectivity index (χ1n) is 5.03. The zero-order chi connectivity index (χ0) is 9.68. The third kappa shape index (κ3) is 3.17. The van der Waals surface area contributed by atoms with Gasteiger partial charge in [0.15, 0.2) is 0 Å². The fourth-order valence-corrected chi connectivity index (χ4v) is 1.59. The molecule has 3 nitrogen and oxygen atoms in total. The van der Waals surface area contributed by atoms with Crippen molar-refractivity contribution in [2.45, 2.75) is 39.0 Å². The minimum atomic E-state index is 0.0873. The summed E-state index contributed by atoms with van der Waals surface area (Å²) in [6.45, 7) is 2.79. The van der Waals surface area contributed by atoms with E-state index in [1.54, 1.807) is 0 Å². The lowest BCUT2D eigenvalue weighted by Crippen LogP contribution is -2.33. The Hall–Kier alpha value is -0.860. The lowest BCUT2D eigenvalue weighted by Gasteiger charge is -2.19. The van der Waals surface area contributed by atoms with Gasteiger partial charge in [0.2, 0.25) is 5.91 Å². The molecule has 0 heterocycles. The van der Waals surface area contributed by atoms with Gasteiger partial charge in [0, 0.05) is 25.3 Å². The Morgan fingerprint density at radius 2 is 2.08 bits per heavy atom. The van der Waals surface area contributed by atoms with E-state index in [4.69, 9.17) is 0 Å². The van der Waals surface area contributed by atoms with Gasteiger partial charge in [-0.3, -0.25) is 9.59 Å². The largest absolute Gasteiger partial charge is 0.356 e. The first kappa shape index (κ1) is 10.2. The summed E-state index contributed by atoms with van der Waals surface area (Å²) < 4.78 is 0. The van der Waals surface area contributed by atoms with Crippen molar-refractivity contribution in [3.8, 4) is 0 Å². The molecule has 1 rings (SSSR count). The molecule has 1 aliphatic carbocycles. The summed E-state index contributed by atoms with van der Waals surface area (Å²) >= 11 is 0. The molecule has 0 aromatic rings. The highest BCUT2D eigenvalue weighted by molar-refractivity contribution is 5.84. The van der Waals surface area contributed by atoms with Crippen molar-refractivity contribution >= 4 is 11.7 Å². The molecule has 0 aromatic carbocycles. The number of amides is 1. The summed E-state index contributed by atoms with van der Waals surface area (Å²) in [6.07, 6.45) is 3.63. The van der Waals surface area contributed by atoms with E-state index >= 15 is 0 Å². The van der Waals surface area contributed by atoms with Crippen molar-refractivity contribution < 1.29 is 9.59 Å². The molecule has 0 bridgehead atoms. The van der Waals surface area contributed by atoms with E-state index in [1.807, 2.05) is 6.92 Å². The fraction of sp³-hybridized carbons (Fsp3) is 0.800. The number of carbonyl (C=O) groups excluding carboxylic acids is 2. The molecule has 74 valence electrons. The molecular formula is C10H17NO2. The normalized spacial score (nSPS) is 18.7. The quantitative estimate of drug-likeness (QED) is 0.716. The second-order valence-electron chi connectivity index (χ2n) is 3.60. The van der Waals surface area contributed by atoms with Crippen LogP contribution in [0.15, 0.2) is 0 Å². The van der Waals surface area contributed by atoms with Gasteiger partial charge in [-0.2, -0.15) is 0 Å². The van der Waals surface area contributed by atoms with Crippen LogP contribution in [0.5, 0.6) is 0 Å². The van der Waals surface area contributed by atoms with Crippen LogP contribution in [-0.4, -0.2) is 18.2 Å². The second-order valence-corrected chi connectivity index (χ2v) is 3.60. The van der Waals surface area contributed by atoms with Gasteiger partial charge in [-0.1, -0.05) is 6.92 Å². The van der Waals surface area contributed by atoms with Crippen LogP contribution in [0.25, 0.3) is 0 Å². The SMILES string of the molecule is CCCNC(=O)C1CCC(=O)CC1. The summed E-state index contributed by atoms with van der Waals surface area (Å²) in [5, 5.41) is 2.87. The lowest BCUT2D eigenvalue weighted by molar-refractivity contribution is -0.128. The van der Waals surface area contributed by atoms with Crippen molar-refractivity contribution in [3.63, 3.8) is 0 Å². The molecule has 0 aromatic heterocycles. The summed E-state index contributed by atoms with van der Waals surface area (Å²) in [5.41, 5.74) is 0. The number of Topliss-reactive ketones (excluding diaryl/α,β-unsaturated/α-hetero) is 1. The standard InChI is InChI=1S/C10H17NO2/c1-2-7-11-10(13)8-3-5-9(12)6-4-8/h8H,2-7H2,1H3,(H,11,13). The van der Waals surface area contributed by atoms with Gasteiger partial charge in [-0.05, 0) is 19.3 Å². The predicted molar refractivity (Wildman–Crippen MR) is 50.3 cm³/mol. The molecule has 1 aliphatic rings. The number of hydrogen-bond donors (Lipinski definition) is 1. The highest BCUT2D eigenvalue weighted by Crippen LogP contribution is 2.21. The second kappa shape index (κ2) is 5.00. The summed E-state index contributed by atoms with van der Waals surface area (Å²) in [4.78, 5) is 22.4. The molecule has 0 unspecified atom stereocenters. The van der Waals surface area contributed by atoms with Crippen LogP contribution in [-0.2, 0) is 9.59 Å². The van der Waals surface area contributed by atoms with Gasteiger partial charge in [0.05, 0.1) is 0 Å². The molecule has 1 saturated carbocycles. The molecule has 1 amide bonds. The Balaban J connectivity index is 2.27. The van der Waals surface area contributed by atoms with Gasteiger partial charge in [0.1, 0.15) is 5.78 Å². The molecule has 1 fully saturated rings. The molecule has 0 aliphatic heterocycles. The van der Waals surface area contributed by atoms with Crippen molar-refractivity contribution in [3.05, 3.63) is 0 Å². The summed E-state index contributed by atoms with van der Waals surface area (Å²) in [7, 11) is 0. The number of carbonyl (C=O) groups is 2. The Kier molecular flexibility index (Phi) is 3.93. The zero-order valence-corrected chi connectivity index (χ0v) is 8.14. The number of nitrogens with one attached hydrogen (secondary N) is 1. The van der Waals surface area contributed by atoms with Crippen LogP contribution in [0.1, 0.15) is 39.0 Å². The monoisotopic (exact) mass is 183 g/mol. The van der Waals surface area contributed by atoms with E-state index < -0.39 is 0 Å². The summed E-state index contributed by atoms with van der Waals surface area (Å²) in [6, 6.07) is 0. The molecule has 13 heavy (non-hydrogen) atoms. The molecule has 0 spiro atoms. The van der Waals surface area contributed by atoms with E-state index in [1.165, 1.54) is 0 Å². The highest BCUT2D eigenvalue weighted by Gasteiger charge is 2.23. The molecule has 0 radical (unpaired) electrons. The van der Waals surface area contributed by atoms with E-state index in [2.05, 4.69) is 5.32 Å². The lowest BCUT2D eigenvalue weighted by atomic mass is 9.88. The third-order valence-electron chi connectivity index (χ3n) is 2.46. The molecule has 1 N–H and O–H groups in total. The van der Waals surface area contributed by atoms with Crippen molar-refractivity contribution in [2.75, 3.05) is 6.54 Å². The third-order valence-corrected chi connectivity index (χ3v) is 2.46. The van der Waals surface area contributed by atoms with Gasteiger partial charge < -0.3 is 5.32 Å². The number of ketones is 1. The van der Waals surface area contributed by atoms with Crippen LogP contribution in [0.2, 0.25) is 0 Å². The van der Waals surface area contributed by atoms with Gasteiger partial charge in [0.25, 0.3) is 0 Å². The van der Waals surface area contributed by atoms with Gasteiger partial charge in [-0.25, -0.2) is 0 Å². The van der Waals surface area contributed by atoms with E-state index in [9.17, 15) is 9.59 Å². The van der Waals surface area contributed by atoms with E-state index in [0.29, 0.717) is 18.6 Å². The van der Waals surface area contributed by atoms with E-state index in [-0.39, 0.29) is 11.8 Å². The first-order chi connectivity index (χ1) is 6.24. The van der Waals surface area contributed by atoms with Crippen LogP contribution in [0, 0.1) is 5.92 Å². The first-order valence-corrected chi connectivity index (χ1v) is 5.03. The van der Waals surface area contributed by atoms with Gasteiger partial charge in [-0.15, -0.1) is 0 Å². The van der Waals surface area contributed by atoms with E-state index in [0.717, 1.165) is 25.8 Å². The van der Waals surface area contributed by atoms with Crippen LogP contribution < -0.4 is 5.32 Å². The minimum Gasteiger partial charge on any atom is -0.356 e. The maximum Gasteiger partial charge on any atom is 0.223 e. The smallest absolute Gasteiger partial charge is 0.223 e. The Labute approximate surface area is 78.9 Å². The fourth-order valence-electron chi connectivity index (χ4n) is 1.59. The number of hydrogen-bond acceptors (Lipinski definition) is 2. The average molecular weight is 183 g/mol. The van der Waals surface area contributed by atoms with Crippen molar-refractivity contribution in [1.29, 1.82) is 0 Å². The average Bonchev–Trinajstić information content (AvgIpc) is 2.15. The van der Waals surface area contributed by atoms with Crippen LogP contribution in [0.3, 0.4) is 0 Å². The topological polar surface area (TPSA) is 46.2 Å². The van der Waals surface area contributed by atoms with Crippen molar-refractivity contribution in [2.24, 2.45) is 5.92 Å². The minimum absolute atomic E-state index is 0.0873. The summed E-state index contributed by atoms with van der Waals surface area (Å²) in [5.74, 6) is 0.526. The highest BCUT2D eigenvalue weighted by atomic mass is 16.2. The van der Waals surface area contributed by atoms with Crippen LogP contribution >= 0.6 is 0 Å². The Morgan fingerprint density at radius 1 is 1.46 bits per heavy atom. The molecule has 0 saturated heterocycles. The molecular weight excluding hydrogens is 166 g/mol. The molecule has 3 heteroatoms. The zero-order valence-electron chi connectivity index (χ0n) is 8.14. The Morgan fingerprint density at radius 3 is 2.62 bits per heavy atom.